The molecule has 0 heterocycles. The average molecular weight is 293 g/mol. The Morgan fingerprint density at radius 2 is 2.00 bits per heavy atom. The summed E-state index contributed by atoms with van der Waals surface area (Å²) in [6, 6.07) is 5.82. The van der Waals surface area contributed by atoms with Gasteiger partial charge < -0.3 is 19.9 Å². The predicted molar refractivity (Wildman–Crippen MR) is 83.9 cm³/mol. The number of hydrogen-bond acceptors (Lipinski definition) is 4. The molecule has 4 nitrogen and oxygen atoms in total. The minimum Gasteiger partial charge on any atom is -0.497 e. The van der Waals surface area contributed by atoms with Crippen molar-refractivity contribution in [2.75, 3.05) is 20.3 Å². The molecule has 0 saturated heterocycles. The molecule has 1 aliphatic rings. The molecule has 21 heavy (non-hydrogen) atoms. The summed E-state index contributed by atoms with van der Waals surface area (Å²) in [4.78, 5) is 0. The van der Waals surface area contributed by atoms with Gasteiger partial charge in [-0.2, -0.15) is 0 Å². The summed E-state index contributed by atoms with van der Waals surface area (Å²) >= 11 is 0. The van der Waals surface area contributed by atoms with Gasteiger partial charge in [0, 0.05) is 12.1 Å². The van der Waals surface area contributed by atoms with Crippen LogP contribution in [-0.4, -0.2) is 31.0 Å². The summed E-state index contributed by atoms with van der Waals surface area (Å²) in [5, 5.41) is 13.8. The molecule has 0 atom stereocenters. The van der Waals surface area contributed by atoms with Crippen molar-refractivity contribution >= 4 is 0 Å². The Bertz CT molecular complexity index is 442. The van der Waals surface area contributed by atoms with Crippen molar-refractivity contribution in [3.05, 3.63) is 23.8 Å². The Morgan fingerprint density at radius 3 is 2.67 bits per heavy atom. The molecule has 118 valence electrons. The molecule has 0 spiro atoms. The molecular weight excluding hydrogens is 266 g/mol. The summed E-state index contributed by atoms with van der Waals surface area (Å²) in [5.41, 5.74) is 0.406. The highest BCUT2D eigenvalue weighted by Crippen LogP contribution is 2.30. The van der Waals surface area contributed by atoms with Gasteiger partial charge in [0.1, 0.15) is 18.1 Å². The second-order valence-corrected chi connectivity index (χ2v) is 5.83. The van der Waals surface area contributed by atoms with Gasteiger partial charge in [0.2, 0.25) is 0 Å². The maximum Gasteiger partial charge on any atom is 0.124 e. The van der Waals surface area contributed by atoms with Crippen LogP contribution in [0.2, 0.25) is 0 Å². The van der Waals surface area contributed by atoms with E-state index in [4.69, 9.17) is 9.47 Å². The maximum atomic E-state index is 10.5. The molecule has 2 rings (SSSR count). The van der Waals surface area contributed by atoms with E-state index in [1.165, 1.54) is 6.42 Å². The normalized spacial score (nSPS) is 17.5. The van der Waals surface area contributed by atoms with Gasteiger partial charge in [-0.15, -0.1) is 0 Å². The Kier molecular flexibility index (Phi) is 5.88. The zero-order valence-electron chi connectivity index (χ0n) is 13.2. The fraction of sp³-hybridized carbons (Fsp3) is 0.647. The fourth-order valence-electron chi connectivity index (χ4n) is 2.79. The minimum atomic E-state index is -0.659. The minimum absolute atomic E-state index is 0.373. The quantitative estimate of drug-likeness (QED) is 0.811. The largest absolute Gasteiger partial charge is 0.497 e. The fourth-order valence-corrected chi connectivity index (χ4v) is 2.79. The van der Waals surface area contributed by atoms with Gasteiger partial charge in [0.15, 0.2) is 0 Å². The van der Waals surface area contributed by atoms with E-state index < -0.39 is 5.60 Å². The van der Waals surface area contributed by atoms with Gasteiger partial charge >= 0.3 is 0 Å². The summed E-state index contributed by atoms with van der Waals surface area (Å²) in [5.74, 6) is 1.65. The standard InChI is InChI=1S/C17H27NO3/c1-3-18-12-14-11-15(20-2)7-8-16(14)21-13-17(19)9-5-4-6-10-17/h7-8,11,18-19H,3-6,9-10,12-13H2,1-2H3. The molecule has 4 heteroatoms. The molecule has 1 aromatic rings. The van der Waals surface area contributed by atoms with E-state index in [0.29, 0.717) is 6.61 Å². The highest BCUT2D eigenvalue weighted by molar-refractivity contribution is 5.40. The lowest BCUT2D eigenvalue weighted by atomic mass is 9.85. The van der Waals surface area contributed by atoms with Crippen molar-refractivity contribution in [1.82, 2.24) is 5.32 Å². The summed E-state index contributed by atoms with van der Waals surface area (Å²) in [6.45, 7) is 4.09. The topological polar surface area (TPSA) is 50.7 Å². The van der Waals surface area contributed by atoms with Gasteiger partial charge in [-0.3, -0.25) is 0 Å². The lowest BCUT2D eigenvalue weighted by molar-refractivity contribution is -0.0341. The van der Waals surface area contributed by atoms with Crippen LogP contribution in [0.15, 0.2) is 18.2 Å². The number of ether oxygens (including phenoxy) is 2. The van der Waals surface area contributed by atoms with Crippen molar-refractivity contribution in [2.24, 2.45) is 0 Å². The zero-order chi connectivity index (χ0) is 15.1. The average Bonchev–Trinajstić information content (AvgIpc) is 2.52. The van der Waals surface area contributed by atoms with E-state index in [9.17, 15) is 5.11 Å². The number of aliphatic hydroxyl groups is 1. The predicted octanol–water partition coefficient (Wildman–Crippen LogP) is 2.88. The van der Waals surface area contributed by atoms with Crippen LogP contribution >= 0.6 is 0 Å². The smallest absolute Gasteiger partial charge is 0.124 e. The van der Waals surface area contributed by atoms with Crippen LogP contribution in [0, 0.1) is 0 Å². The van der Waals surface area contributed by atoms with Crippen LogP contribution in [0.3, 0.4) is 0 Å². The van der Waals surface area contributed by atoms with E-state index >= 15 is 0 Å². The van der Waals surface area contributed by atoms with Crippen LogP contribution < -0.4 is 14.8 Å². The van der Waals surface area contributed by atoms with E-state index in [2.05, 4.69) is 12.2 Å². The molecule has 0 bridgehead atoms. The number of hydrogen-bond donors (Lipinski definition) is 2. The van der Waals surface area contributed by atoms with Gasteiger partial charge in [-0.1, -0.05) is 26.2 Å². The molecule has 0 aliphatic heterocycles. The lowest BCUT2D eigenvalue weighted by Crippen LogP contribution is -2.38. The van der Waals surface area contributed by atoms with Crippen molar-refractivity contribution in [3.63, 3.8) is 0 Å². The molecule has 1 aromatic carbocycles. The van der Waals surface area contributed by atoms with Crippen molar-refractivity contribution < 1.29 is 14.6 Å². The molecule has 0 amide bonds. The van der Waals surface area contributed by atoms with Gasteiger partial charge in [-0.05, 0) is 37.6 Å². The van der Waals surface area contributed by atoms with Crippen molar-refractivity contribution in [2.45, 2.75) is 51.2 Å². The van der Waals surface area contributed by atoms with E-state index in [-0.39, 0.29) is 0 Å². The van der Waals surface area contributed by atoms with Crippen LogP contribution in [-0.2, 0) is 6.54 Å². The highest BCUT2D eigenvalue weighted by Gasteiger charge is 2.30. The van der Waals surface area contributed by atoms with Crippen LogP contribution in [0.1, 0.15) is 44.6 Å². The first kappa shape index (κ1) is 16.1. The van der Waals surface area contributed by atoms with E-state index in [1.54, 1.807) is 7.11 Å². The Labute approximate surface area is 127 Å². The van der Waals surface area contributed by atoms with Crippen LogP contribution in [0.5, 0.6) is 11.5 Å². The van der Waals surface area contributed by atoms with E-state index in [0.717, 1.165) is 55.8 Å². The number of nitrogens with one attached hydrogen (secondary N) is 1. The van der Waals surface area contributed by atoms with E-state index in [1.807, 2.05) is 18.2 Å². The van der Waals surface area contributed by atoms with Crippen LogP contribution in [0.25, 0.3) is 0 Å². The van der Waals surface area contributed by atoms with Crippen molar-refractivity contribution in [1.29, 1.82) is 0 Å². The monoisotopic (exact) mass is 293 g/mol. The molecule has 0 aromatic heterocycles. The molecule has 0 radical (unpaired) electrons. The summed E-state index contributed by atoms with van der Waals surface area (Å²) < 4.78 is 11.2. The number of benzene rings is 1. The highest BCUT2D eigenvalue weighted by atomic mass is 16.5. The first-order valence-corrected chi connectivity index (χ1v) is 7.90. The first-order valence-electron chi connectivity index (χ1n) is 7.90. The molecular formula is C17H27NO3. The van der Waals surface area contributed by atoms with Crippen LogP contribution in [0.4, 0.5) is 0 Å². The van der Waals surface area contributed by atoms with Gasteiger partial charge in [0.05, 0.1) is 12.7 Å². The molecule has 1 fully saturated rings. The Morgan fingerprint density at radius 1 is 1.24 bits per heavy atom. The molecule has 0 unspecified atom stereocenters. The summed E-state index contributed by atoms with van der Waals surface area (Å²) in [7, 11) is 1.66. The molecule has 1 saturated carbocycles. The third kappa shape index (κ3) is 4.61. The first-order chi connectivity index (χ1) is 10.2. The SMILES string of the molecule is CCNCc1cc(OC)ccc1OCC1(O)CCCCC1. The maximum absolute atomic E-state index is 10.5. The third-order valence-electron chi connectivity index (χ3n) is 4.11. The molecule has 2 N–H and O–H groups in total. The Hall–Kier alpha value is -1.26. The number of rotatable bonds is 7. The molecule has 1 aliphatic carbocycles. The lowest BCUT2D eigenvalue weighted by Gasteiger charge is -2.32. The van der Waals surface area contributed by atoms with Gasteiger partial charge in [0.25, 0.3) is 0 Å². The second kappa shape index (κ2) is 7.66. The number of methoxy groups -OCH3 is 1. The van der Waals surface area contributed by atoms with Crippen molar-refractivity contribution in [3.8, 4) is 11.5 Å². The third-order valence-corrected chi connectivity index (χ3v) is 4.11. The van der Waals surface area contributed by atoms with Gasteiger partial charge in [-0.25, -0.2) is 0 Å². The second-order valence-electron chi connectivity index (χ2n) is 5.83. The summed E-state index contributed by atoms with van der Waals surface area (Å²) in [6.07, 6.45) is 5.08. The zero-order valence-corrected chi connectivity index (χ0v) is 13.2. The Balaban J connectivity index is 2.03.